The fourth-order valence-corrected chi connectivity index (χ4v) is 4.92. The van der Waals surface area contributed by atoms with Gasteiger partial charge in [-0.3, -0.25) is 4.90 Å². The summed E-state index contributed by atoms with van der Waals surface area (Å²) in [5.74, 6) is 0.0842. The molecule has 9 heteroatoms. The van der Waals surface area contributed by atoms with E-state index in [4.69, 9.17) is 11.6 Å². The lowest BCUT2D eigenvalue weighted by molar-refractivity contribution is 0.201. The maximum atomic E-state index is 15.1. The molecule has 4 rings (SSSR count). The van der Waals surface area contributed by atoms with Gasteiger partial charge in [-0.05, 0) is 20.9 Å². The van der Waals surface area contributed by atoms with Crippen molar-refractivity contribution in [3.05, 3.63) is 26.9 Å². The first kappa shape index (κ1) is 18.2. The highest BCUT2D eigenvalue weighted by atomic mass is 127. The fourth-order valence-electron chi connectivity index (χ4n) is 4.04. The van der Waals surface area contributed by atoms with Crippen LogP contribution in [0, 0.1) is 12.7 Å². The third-order valence-electron chi connectivity index (χ3n) is 5.63. The maximum Gasteiger partial charge on any atom is 0.359 e. The van der Waals surface area contributed by atoms with E-state index in [0.717, 1.165) is 25.3 Å². The molecule has 2 aliphatic rings. The summed E-state index contributed by atoms with van der Waals surface area (Å²) in [7, 11) is 4.06. The molecule has 0 bridgehead atoms. The molecule has 0 radical (unpaired) electrons. The van der Waals surface area contributed by atoms with Crippen molar-refractivity contribution in [1.82, 2.24) is 12.7 Å². The lowest BCUT2D eigenvalue weighted by Gasteiger charge is -2.44. The van der Waals surface area contributed by atoms with E-state index in [9.17, 15) is 4.79 Å². The van der Waals surface area contributed by atoms with Crippen LogP contribution in [0.3, 0.4) is 0 Å². The second-order valence-corrected chi connectivity index (χ2v) is 8.64. The van der Waals surface area contributed by atoms with Crippen LogP contribution in [0.15, 0.2) is 4.79 Å². The molecule has 2 unspecified atom stereocenters. The van der Waals surface area contributed by atoms with E-state index in [1.165, 1.54) is 2.78 Å². The topological polar surface area (TPSA) is 44.6 Å². The molecule has 140 valence electrons. The van der Waals surface area contributed by atoms with Crippen molar-refractivity contribution in [1.29, 1.82) is 0 Å². The van der Waals surface area contributed by atoms with E-state index >= 15 is 4.39 Å². The summed E-state index contributed by atoms with van der Waals surface area (Å²) in [6.07, 6.45) is 0. The van der Waals surface area contributed by atoms with Crippen LogP contribution in [0.2, 0.25) is 5.02 Å². The van der Waals surface area contributed by atoms with Crippen LogP contribution in [-0.4, -0.2) is 58.5 Å². The number of hydrogen-bond donors (Lipinski definition) is 0. The van der Waals surface area contributed by atoms with Crippen molar-refractivity contribution in [3.63, 3.8) is 0 Å². The van der Waals surface area contributed by atoms with E-state index in [0.29, 0.717) is 27.8 Å². The van der Waals surface area contributed by atoms with Gasteiger partial charge in [0.2, 0.25) is 0 Å². The SMILES string of the molecule is Cc1c(Cl)c2c3c(nc(=O)n(I)c3c1F)N1CC(C)N(C)CC1CN2C. The van der Waals surface area contributed by atoms with Gasteiger partial charge in [0.25, 0.3) is 0 Å². The highest BCUT2D eigenvalue weighted by Gasteiger charge is 2.37. The zero-order valence-electron chi connectivity index (χ0n) is 15.1. The number of benzene rings is 1. The maximum absolute atomic E-state index is 15.1. The molecule has 3 heterocycles. The molecule has 0 aliphatic carbocycles. The number of hydrogen-bond acceptors (Lipinski definition) is 5. The van der Waals surface area contributed by atoms with Gasteiger partial charge in [-0.2, -0.15) is 4.98 Å². The van der Waals surface area contributed by atoms with E-state index < -0.39 is 11.5 Å². The molecule has 0 saturated carbocycles. The molecule has 2 aliphatic heterocycles. The average molecular weight is 492 g/mol. The number of piperazine rings is 1. The van der Waals surface area contributed by atoms with Crippen LogP contribution < -0.4 is 15.5 Å². The zero-order valence-corrected chi connectivity index (χ0v) is 18.0. The van der Waals surface area contributed by atoms with Crippen LogP contribution in [0.5, 0.6) is 0 Å². The van der Waals surface area contributed by atoms with Crippen molar-refractivity contribution in [2.75, 3.05) is 43.5 Å². The Morgan fingerprint density at radius 3 is 2.65 bits per heavy atom. The molecule has 26 heavy (non-hydrogen) atoms. The normalized spacial score (nSPS) is 23.3. The lowest BCUT2D eigenvalue weighted by Crippen LogP contribution is -2.59. The van der Waals surface area contributed by atoms with E-state index in [-0.39, 0.29) is 11.6 Å². The molecule has 2 atom stereocenters. The Morgan fingerprint density at radius 1 is 1.27 bits per heavy atom. The summed E-state index contributed by atoms with van der Waals surface area (Å²) < 4.78 is 16.4. The second kappa shape index (κ2) is 6.20. The van der Waals surface area contributed by atoms with Gasteiger partial charge >= 0.3 is 5.69 Å². The first-order chi connectivity index (χ1) is 12.2. The van der Waals surface area contributed by atoms with Crippen molar-refractivity contribution < 1.29 is 4.39 Å². The Labute approximate surface area is 170 Å². The number of rotatable bonds is 0. The predicted molar refractivity (Wildman–Crippen MR) is 112 cm³/mol. The third kappa shape index (κ3) is 2.45. The molecule has 0 N–H and O–H groups in total. The van der Waals surface area contributed by atoms with Crippen LogP contribution in [0.4, 0.5) is 15.9 Å². The molecule has 0 spiro atoms. The Balaban J connectivity index is 2.13. The lowest BCUT2D eigenvalue weighted by atomic mass is 10.1. The summed E-state index contributed by atoms with van der Waals surface area (Å²) in [5, 5.41) is 1.01. The summed E-state index contributed by atoms with van der Waals surface area (Å²) >= 11 is 8.39. The van der Waals surface area contributed by atoms with E-state index in [2.05, 4.69) is 33.7 Å². The number of halogens is 3. The molecule has 6 nitrogen and oxygen atoms in total. The molecule has 1 saturated heterocycles. The number of fused-ring (bicyclic) bond motifs is 2. The standard InChI is InChI=1S/C17H20ClFIN5O/c1-8-5-24-10(6-22(8)3)7-23(4)14-11-15(13(19)9(2)12(14)18)25(20)17(26)21-16(11)24/h8,10H,5-7H2,1-4H3. The molecular weight excluding hydrogens is 472 g/mol. The predicted octanol–water partition coefficient (Wildman–Crippen LogP) is 2.65. The van der Waals surface area contributed by atoms with Gasteiger partial charge < -0.3 is 9.80 Å². The van der Waals surface area contributed by atoms with Crippen LogP contribution >= 0.6 is 34.5 Å². The number of aromatic nitrogens is 2. The second-order valence-electron chi connectivity index (χ2n) is 7.30. The molecule has 1 aromatic carbocycles. The van der Waals surface area contributed by atoms with Gasteiger partial charge in [-0.15, -0.1) is 0 Å². The third-order valence-corrected chi connectivity index (χ3v) is 6.99. The van der Waals surface area contributed by atoms with Gasteiger partial charge in [0.1, 0.15) is 11.3 Å². The number of likely N-dealkylation sites (N-methyl/N-ethyl adjacent to an activating group) is 2. The molecule has 1 aromatic heterocycles. The van der Waals surface area contributed by atoms with Gasteiger partial charge in [0.05, 0.1) is 45.0 Å². The number of anilines is 2. The zero-order chi connectivity index (χ0) is 18.9. The number of nitrogens with zero attached hydrogens (tertiary/aromatic N) is 5. The molecule has 0 amide bonds. The Morgan fingerprint density at radius 2 is 1.96 bits per heavy atom. The average Bonchev–Trinajstić information content (AvgIpc) is 2.69. The largest absolute Gasteiger partial charge is 0.371 e. The highest BCUT2D eigenvalue weighted by molar-refractivity contribution is 14.1. The van der Waals surface area contributed by atoms with E-state index in [1.807, 2.05) is 29.9 Å². The Kier molecular flexibility index (Phi) is 4.35. The molecule has 1 fully saturated rings. The highest BCUT2D eigenvalue weighted by Crippen LogP contribution is 2.44. The minimum absolute atomic E-state index is 0.146. The van der Waals surface area contributed by atoms with Gasteiger partial charge in [0.15, 0.2) is 5.82 Å². The van der Waals surface area contributed by atoms with E-state index in [1.54, 1.807) is 6.92 Å². The minimum atomic E-state index is -0.463. The van der Waals surface area contributed by atoms with Crippen molar-refractivity contribution >= 4 is 56.9 Å². The monoisotopic (exact) mass is 491 g/mol. The smallest absolute Gasteiger partial charge is 0.359 e. The molecule has 2 aromatic rings. The van der Waals surface area contributed by atoms with Gasteiger partial charge in [-0.1, -0.05) is 11.6 Å². The first-order valence-electron chi connectivity index (χ1n) is 8.50. The Bertz CT molecular complexity index is 980. The van der Waals surface area contributed by atoms with Gasteiger partial charge in [0, 0.05) is 38.3 Å². The quantitative estimate of drug-likeness (QED) is 0.530. The van der Waals surface area contributed by atoms with Crippen LogP contribution in [0.1, 0.15) is 12.5 Å². The van der Waals surface area contributed by atoms with Crippen molar-refractivity contribution in [3.8, 4) is 0 Å². The van der Waals surface area contributed by atoms with Crippen molar-refractivity contribution in [2.24, 2.45) is 0 Å². The van der Waals surface area contributed by atoms with Gasteiger partial charge in [-0.25, -0.2) is 12.0 Å². The molecular formula is C17H20ClFIN5O. The summed E-state index contributed by atoms with van der Waals surface area (Å²) in [6.45, 7) is 6.09. The Hall–Kier alpha value is -1.13. The van der Waals surface area contributed by atoms with Crippen molar-refractivity contribution in [2.45, 2.75) is 25.9 Å². The summed E-state index contributed by atoms with van der Waals surface area (Å²) in [4.78, 5) is 23.4. The minimum Gasteiger partial charge on any atom is -0.371 e. The van der Waals surface area contributed by atoms with Crippen LogP contribution in [-0.2, 0) is 0 Å². The fraction of sp³-hybridized carbons (Fsp3) is 0.529. The first-order valence-corrected chi connectivity index (χ1v) is 9.85. The summed E-state index contributed by atoms with van der Waals surface area (Å²) in [6, 6.07) is 0.455. The van der Waals surface area contributed by atoms with Crippen LogP contribution in [0.25, 0.3) is 10.9 Å². The summed E-state index contributed by atoms with van der Waals surface area (Å²) in [5.41, 5.74) is 0.901.